The smallest absolute Gasteiger partial charge is 0.270 e. The number of amides is 1. The maximum absolute atomic E-state index is 12.4. The summed E-state index contributed by atoms with van der Waals surface area (Å²) in [5, 5.41) is 2.92. The fraction of sp³-hybridized carbons (Fsp3) is 0.476. The Bertz CT molecular complexity index is 833. The van der Waals surface area contributed by atoms with Crippen LogP contribution in [0, 0.1) is 0 Å². The number of para-hydroxylation sites is 2. The van der Waals surface area contributed by atoms with Crippen LogP contribution >= 0.6 is 0 Å². The molecule has 1 N–H and O–H groups in total. The minimum Gasteiger partial charge on any atom is -0.495 e. The van der Waals surface area contributed by atoms with Crippen LogP contribution in [-0.2, 0) is 4.74 Å². The second-order valence-corrected chi connectivity index (χ2v) is 7.23. The average molecular weight is 397 g/mol. The molecule has 2 fully saturated rings. The van der Waals surface area contributed by atoms with E-state index in [-0.39, 0.29) is 12.0 Å². The van der Waals surface area contributed by atoms with E-state index in [1.165, 1.54) is 0 Å². The molecule has 2 aliphatic heterocycles. The van der Waals surface area contributed by atoms with E-state index in [1.807, 2.05) is 18.2 Å². The van der Waals surface area contributed by atoms with E-state index in [0.29, 0.717) is 18.2 Å². The number of nitrogens with one attached hydrogen (secondary N) is 1. The Morgan fingerprint density at radius 1 is 1.21 bits per heavy atom. The van der Waals surface area contributed by atoms with Crippen molar-refractivity contribution in [2.75, 3.05) is 56.2 Å². The Labute approximate surface area is 170 Å². The van der Waals surface area contributed by atoms with Gasteiger partial charge in [0.15, 0.2) is 0 Å². The van der Waals surface area contributed by atoms with Crippen LogP contribution in [0.15, 0.2) is 36.5 Å². The molecule has 0 bridgehead atoms. The molecule has 4 rings (SSSR count). The van der Waals surface area contributed by atoms with Gasteiger partial charge in [-0.25, -0.2) is 9.97 Å². The van der Waals surface area contributed by atoms with E-state index >= 15 is 0 Å². The summed E-state index contributed by atoms with van der Waals surface area (Å²) in [6, 6.07) is 9.70. The van der Waals surface area contributed by atoms with Crippen molar-refractivity contribution in [3.8, 4) is 5.75 Å². The molecule has 1 unspecified atom stereocenters. The number of benzene rings is 1. The second kappa shape index (κ2) is 9.09. The van der Waals surface area contributed by atoms with E-state index in [2.05, 4.69) is 31.2 Å². The highest BCUT2D eigenvalue weighted by molar-refractivity contribution is 5.92. The quantitative estimate of drug-likeness (QED) is 0.795. The number of hydrogen-bond donors (Lipinski definition) is 1. The molecule has 0 radical (unpaired) electrons. The highest BCUT2D eigenvalue weighted by Gasteiger charge is 2.22. The number of carbonyl (C=O) groups is 1. The van der Waals surface area contributed by atoms with Gasteiger partial charge in [-0.2, -0.15) is 0 Å². The lowest BCUT2D eigenvalue weighted by molar-refractivity contribution is 0.0853. The summed E-state index contributed by atoms with van der Waals surface area (Å²) >= 11 is 0. The summed E-state index contributed by atoms with van der Waals surface area (Å²) in [7, 11) is 1.69. The number of aromatic nitrogens is 2. The van der Waals surface area contributed by atoms with E-state index < -0.39 is 0 Å². The lowest BCUT2D eigenvalue weighted by atomic mass is 10.2. The van der Waals surface area contributed by atoms with E-state index in [9.17, 15) is 4.79 Å². The molecule has 0 aliphatic carbocycles. The van der Waals surface area contributed by atoms with Gasteiger partial charge in [-0.1, -0.05) is 12.1 Å². The molecule has 1 amide bonds. The molecular weight excluding hydrogens is 370 g/mol. The average Bonchev–Trinajstić information content (AvgIpc) is 3.31. The largest absolute Gasteiger partial charge is 0.495 e. The fourth-order valence-corrected chi connectivity index (χ4v) is 3.77. The molecular formula is C21H27N5O3. The first-order chi connectivity index (χ1) is 14.2. The van der Waals surface area contributed by atoms with E-state index in [0.717, 1.165) is 57.1 Å². The van der Waals surface area contributed by atoms with Crippen LogP contribution in [0.3, 0.4) is 0 Å². The highest BCUT2D eigenvalue weighted by Crippen LogP contribution is 2.28. The molecule has 2 saturated heterocycles. The first kappa shape index (κ1) is 19.4. The van der Waals surface area contributed by atoms with Gasteiger partial charge in [0.1, 0.15) is 11.4 Å². The van der Waals surface area contributed by atoms with Gasteiger partial charge in [-0.3, -0.25) is 4.79 Å². The van der Waals surface area contributed by atoms with Crippen molar-refractivity contribution in [1.29, 1.82) is 0 Å². The molecule has 29 heavy (non-hydrogen) atoms. The Balaban J connectivity index is 1.36. The maximum Gasteiger partial charge on any atom is 0.270 e. The van der Waals surface area contributed by atoms with Crippen molar-refractivity contribution in [3.05, 3.63) is 42.2 Å². The molecule has 1 aromatic carbocycles. The first-order valence-electron chi connectivity index (χ1n) is 10.1. The minimum absolute atomic E-state index is 0.114. The van der Waals surface area contributed by atoms with Gasteiger partial charge in [0.2, 0.25) is 5.95 Å². The van der Waals surface area contributed by atoms with Crippen LogP contribution in [0.25, 0.3) is 0 Å². The topological polar surface area (TPSA) is 79.8 Å². The number of methoxy groups -OCH3 is 1. The molecule has 2 aromatic rings. The highest BCUT2D eigenvalue weighted by atomic mass is 16.5. The molecule has 2 aliphatic rings. The minimum atomic E-state index is -0.184. The SMILES string of the molecule is COc1ccccc1N1CCN(c2nccc(C(=O)NCC3CCCO3)n2)CC1. The van der Waals surface area contributed by atoms with Crippen molar-refractivity contribution in [2.24, 2.45) is 0 Å². The Kier molecular flexibility index (Phi) is 6.09. The first-order valence-corrected chi connectivity index (χ1v) is 10.1. The van der Waals surface area contributed by atoms with Crippen LogP contribution in [0.5, 0.6) is 5.75 Å². The van der Waals surface area contributed by atoms with Crippen LogP contribution in [-0.4, -0.2) is 68.4 Å². The zero-order valence-electron chi connectivity index (χ0n) is 16.7. The Hall–Kier alpha value is -2.87. The van der Waals surface area contributed by atoms with Gasteiger partial charge in [0, 0.05) is 45.5 Å². The zero-order chi connectivity index (χ0) is 20.1. The fourth-order valence-electron chi connectivity index (χ4n) is 3.77. The summed E-state index contributed by atoms with van der Waals surface area (Å²) in [5.41, 5.74) is 1.48. The lowest BCUT2D eigenvalue weighted by Crippen LogP contribution is -2.47. The molecule has 154 valence electrons. The van der Waals surface area contributed by atoms with Gasteiger partial charge >= 0.3 is 0 Å². The molecule has 8 heteroatoms. The number of hydrogen-bond acceptors (Lipinski definition) is 7. The number of nitrogens with zero attached hydrogens (tertiary/aromatic N) is 4. The normalized spacial score (nSPS) is 19.3. The number of ether oxygens (including phenoxy) is 2. The van der Waals surface area contributed by atoms with Crippen molar-refractivity contribution in [1.82, 2.24) is 15.3 Å². The third kappa shape index (κ3) is 4.59. The summed E-state index contributed by atoms with van der Waals surface area (Å²) in [6.45, 7) is 4.52. The Morgan fingerprint density at radius 3 is 2.76 bits per heavy atom. The van der Waals surface area contributed by atoms with Crippen LogP contribution < -0.4 is 19.9 Å². The third-order valence-electron chi connectivity index (χ3n) is 5.38. The summed E-state index contributed by atoms with van der Waals surface area (Å²) in [5.74, 6) is 1.29. The zero-order valence-corrected chi connectivity index (χ0v) is 16.7. The third-order valence-corrected chi connectivity index (χ3v) is 5.38. The van der Waals surface area contributed by atoms with Crippen molar-refractivity contribution in [3.63, 3.8) is 0 Å². The molecule has 0 spiro atoms. The van der Waals surface area contributed by atoms with Gasteiger partial charge in [-0.05, 0) is 31.0 Å². The number of piperazine rings is 1. The predicted octanol–water partition coefficient (Wildman–Crippen LogP) is 1.72. The monoisotopic (exact) mass is 397 g/mol. The molecule has 3 heterocycles. The molecule has 0 saturated carbocycles. The van der Waals surface area contributed by atoms with Crippen molar-refractivity contribution >= 4 is 17.5 Å². The van der Waals surface area contributed by atoms with Crippen molar-refractivity contribution < 1.29 is 14.3 Å². The summed E-state index contributed by atoms with van der Waals surface area (Å²) in [6.07, 6.45) is 3.81. The van der Waals surface area contributed by atoms with Gasteiger partial charge in [-0.15, -0.1) is 0 Å². The van der Waals surface area contributed by atoms with Crippen LogP contribution in [0.4, 0.5) is 11.6 Å². The standard InChI is InChI=1S/C21H27N5O3/c1-28-19-7-3-2-6-18(19)25-10-12-26(13-11-25)21-22-9-8-17(24-21)20(27)23-15-16-5-4-14-29-16/h2-3,6-9,16H,4-5,10-15H2,1H3,(H,23,27). The molecule has 8 nitrogen and oxygen atoms in total. The predicted molar refractivity (Wildman–Crippen MR) is 111 cm³/mol. The lowest BCUT2D eigenvalue weighted by Gasteiger charge is -2.36. The van der Waals surface area contributed by atoms with E-state index in [1.54, 1.807) is 19.4 Å². The summed E-state index contributed by atoms with van der Waals surface area (Å²) in [4.78, 5) is 25.7. The number of carbonyl (C=O) groups excluding carboxylic acids is 1. The van der Waals surface area contributed by atoms with Crippen molar-refractivity contribution in [2.45, 2.75) is 18.9 Å². The maximum atomic E-state index is 12.4. The number of anilines is 2. The summed E-state index contributed by atoms with van der Waals surface area (Å²) < 4.78 is 11.0. The van der Waals surface area contributed by atoms with E-state index in [4.69, 9.17) is 9.47 Å². The van der Waals surface area contributed by atoms with Gasteiger partial charge in [0.05, 0.1) is 18.9 Å². The Morgan fingerprint density at radius 2 is 2.00 bits per heavy atom. The van der Waals surface area contributed by atoms with Crippen LogP contribution in [0.1, 0.15) is 23.3 Å². The second-order valence-electron chi connectivity index (χ2n) is 7.23. The van der Waals surface area contributed by atoms with Gasteiger partial charge in [0.25, 0.3) is 5.91 Å². The van der Waals surface area contributed by atoms with Gasteiger partial charge < -0.3 is 24.6 Å². The van der Waals surface area contributed by atoms with Crippen LogP contribution in [0.2, 0.25) is 0 Å². The molecule has 1 atom stereocenters. The molecule has 1 aromatic heterocycles. The number of rotatable bonds is 6.